The molecule has 35 heavy (non-hydrogen) atoms. The predicted molar refractivity (Wildman–Crippen MR) is 125 cm³/mol. The van der Waals surface area contributed by atoms with Crippen molar-refractivity contribution >= 4 is 23.4 Å². The molecule has 0 bridgehead atoms. The molecule has 2 aromatic rings. The molecule has 0 spiro atoms. The lowest BCUT2D eigenvalue weighted by atomic mass is 9.96. The second-order valence-electron chi connectivity index (χ2n) is 9.00. The Hall–Kier alpha value is -4.02. The van der Waals surface area contributed by atoms with Crippen molar-refractivity contribution in [2.24, 2.45) is 0 Å². The number of hydrogen-bond donors (Lipinski definition) is 1. The minimum atomic E-state index is -0.300. The third-order valence-corrected chi connectivity index (χ3v) is 6.91. The summed E-state index contributed by atoms with van der Waals surface area (Å²) in [6.45, 7) is 1.06. The van der Waals surface area contributed by atoms with Gasteiger partial charge in [-0.25, -0.2) is 4.79 Å². The highest BCUT2D eigenvalue weighted by Crippen LogP contribution is 2.32. The quantitative estimate of drug-likeness (QED) is 0.688. The van der Waals surface area contributed by atoms with Crippen LogP contribution in [-0.4, -0.2) is 93.5 Å². The van der Waals surface area contributed by atoms with E-state index in [0.29, 0.717) is 43.2 Å². The van der Waals surface area contributed by atoms with Gasteiger partial charge in [-0.2, -0.15) is 4.98 Å². The molecule has 1 aliphatic carbocycles. The van der Waals surface area contributed by atoms with Crippen LogP contribution in [0.25, 0.3) is 5.57 Å². The Balaban J connectivity index is 1.15. The van der Waals surface area contributed by atoms with Gasteiger partial charge in [0.2, 0.25) is 17.6 Å². The maximum atomic E-state index is 12.6. The highest BCUT2D eigenvalue weighted by atomic mass is 16.5. The summed E-state index contributed by atoms with van der Waals surface area (Å²) in [6, 6.07) is 3.12. The first-order chi connectivity index (χ1) is 16.9. The molecule has 2 unspecified atom stereocenters. The minimum Gasteiger partial charge on any atom is -0.343 e. The molecule has 2 aromatic heterocycles. The molecule has 11 heteroatoms. The van der Waals surface area contributed by atoms with Crippen LogP contribution in [0.5, 0.6) is 0 Å². The van der Waals surface area contributed by atoms with Crippen molar-refractivity contribution < 1.29 is 18.9 Å². The normalized spacial score (nSPS) is 22.3. The van der Waals surface area contributed by atoms with E-state index in [4.69, 9.17) is 4.52 Å². The summed E-state index contributed by atoms with van der Waals surface area (Å²) in [7, 11) is 3.59. The molecule has 0 radical (unpaired) electrons. The molecule has 4 amide bonds. The molecule has 0 aromatic carbocycles. The number of pyridine rings is 1. The number of allylic oxidation sites excluding steroid dienone is 2. The van der Waals surface area contributed by atoms with Crippen LogP contribution in [0.1, 0.15) is 40.8 Å². The molecule has 1 N–H and O–H groups in total. The number of carbonyl (C=O) groups is 3. The number of nitrogens with one attached hydrogen (secondary N) is 1. The van der Waals surface area contributed by atoms with Crippen LogP contribution >= 0.6 is 0 Å². The van der Waals surface area contributed by atoms with Gasteiger partial charge in [-0.3, -0.25) is 14.6 Å². The summed E-state index contributed by atoms with van der Waals surface area (Å²) in [5.41, 5.74) is 1.30. The summed E-state index contributed by atoms with van der Waals surface area (Å²) < 4.78 is 5.57. The van der Waals surface area contributed by atoms with Gasteiger partial charge in [0.1, 0.15) is 0 Å². The zero-order chi connectivity index (χ0) is 24.5. The molecule has 2 saturated heterocycles. The van der Waals surface area contributed by atoms with Gasteiger partial charge in [-0.1, -0.05) is 17.3 Å². The van der Waals surface area contributed by atoms with Crippen LogP contribution in [0, 0.1) is 0 Å². The Morgan fingerprint density at radius 1 is 1.11 bits per heavy atom. The van der Waals surface area contributed by atoms with Crippen molar-refractivity contribution in [3.05, 3.63) is 60.0 Å². The van der Waals surface area contributed by atoms with E-state index in [1.807, 2.05) is 18.2 Å². The number of carbonyl (C=O) groups excluding carboxylic acids is 3. The Bertz CT molecular complexity index is 1180. The highest BCUT2D eigenvalue weighted by Gasteiger charge is 2.41. The number of urea groups is 1. The predicted octanol–water partition coefficient (Wildman–Crippen LogP) is 1.29. The van der Waals surface area contributed by atoms with Crippen molar-refractivity contribution in [1.29, 1.82) is 0 Å². The van der Waals surface area contributed by atoms with Crippen molar-refractivity contribution in [3.63, 3.8) is 0 Å². The third-order valence-electron chi connectivity index (χ3n) is 6.91. The number of fused-ring (bicyclic) bond motifs is 1. The van der Waals surface area contributed by atoms with Crippen LogP contribution in [-0.2, 0) is 4.79 Å². The van der Waals surface area contributed by atoms with E-state index >= 15 is 0 Å². The molecule has 0 saturated carbocycles. The largest absolute Gasteiger partial charge is 0.343 e. The number of hydrogen-bond acceptors (Lipinski definition) is 7. The minimum absolute atomic E-state index is 0.000953. The standard InChI is InChI=1S/C24H27N7O4/c1-29-18-4-3-17(13-19(18)30(2)24(29)34)21-27-23(35-28-21)16-7-11-31(12-8-16)20(32)14-26-22(33)15-5-9-25-10-6-15/h3-6,9-10,13,16,18-19H,7-8,11-12,14H2,1-2H3,(H,26,33). The van der Waals surface area contributed by atoms with Gasteiger partial charge in [0, 0.05) is 56.6 Å². The van der Waals surface area contributed by atoms with Gasteiger partial charge in [-0.05, 0) is 31.1 Å². The van der Waals surface area contributed by atoms with Gasteiger partial charge in [0.25, 0.3) is 5.91 Å². The van der Waals surface area contributed by atoms with Gasteiger partial charge in [0.15, 0.2) is 0 Å². The summed E-state index contributed by atoms with van der Waals surface area (Å²) in [6.07, 6.45) is 10.4. The Labute approximate surface area is 202 Å². The van der Waals surface area contributed by atoms with Gasteiger partial charge in [-0.15, -0.1) is 0 Å². The molecular weight excluding hydrogens is 450 g/mol. The van der Waals surface area contributed by atoms with Crippen LogP contribution in [0.3, 0.4) is 0 Å². The van der Waals surface area contributed by atoms with E-state index in [1.54, 1.807) is 40.9 Å². The molecule has 3 aliphatic rings. The molecule has 182 valence electrons. The lowest BCUT2D eigenvalue weighted by Gasteiger charge is -2.30. The van der Waals surface area contributed by atoms with Crippen molar-refractivity contribution in [2.75, 3.05) is 33.7 Å². The second kappa shape index (κ2) is 9.32. The van der Waals surface area contributed by atoms with E-state index in [9.17, 15) is 14.4 Å². The number of piperidine rings is 1. The topological polar surface area (TPSA) is 125 Å². The average molecular weight is 478 g/mol. The SMILES string of the molecule is CN1C(=O)N(C)C2C=C(c3noc(C4CCN(C(=O)CNC(=O)c5ccncc5)CC4)n3)C=CC21. The highest BCUT2D eigenvalue weighted by molar-refractivity contribution is 5.96. The number of likely N-dealkylation sites (tertiary alicyclic amines) is 1. The molecule has 11 nitrogen and oxygen atoms in total. The summed E-state index contributed by atoms with van der Waals surface area (Å²) in [5.74, 6) is 0.704. The maximum absolute atomic E-state index is 12.6. The maximum Gasteiger partial charge on any atom is 0.320 e. The number of rotatable bonds is 5. The zero-order valence-corrected chi connectivity index (χ0v) is 19.6. The molecule has 4 heterocycles. The number of nitrogens with zero attached hydrogens (tertiary/aromatic N) is 6. The number of amides is 4. The molecule has 2 fully saturated rings. The third kappa shape index (κ3) is 4.41. The molecule has 2 aliphatic heterocycles. The Morgan fingerprint density at radius 2 is 1.83 bits per heavy atom. The van der Waals surface area contributed by atoms with Gasteiger partial charge >= 0.3 is 6.03 Å². The summed E-state index contributed by atoms with van der Waals surface area (Å²) >= 11 is 0. The first-order valence-corrected chi connectivity index (χ1v) is 11.6. The average Bonchev–Trinajstić information content (AvgIpc) is 3.48. The van der Waals surface area contributed by atoms with Gasteiger partial charge in [0.05, 0.1) is 18.6 Å². The first kappa shape index (κ1) is 22.8. The van der Waals surface area contributed by atoms with E-state index in [2.05, 4.69) is 20.4 Å². The van der Waals surface area contributed by atoms with Crippen molar-refractivity contribution in [1.82, 2.24) is 35.1 Å². The van der Waals surface area contributed by atoms with Crippen LogP contribution in [0.15, 0.2) is 47.3 Å². The van der Waals surface area contributed by atoms with E-state index in [0.717, 1.165) is 5.57 Å². The fourth-order valence-electron chi connectivity index (χ4n) is 4.77. The molecule has 5 rings (SSSR count). The summed E-state index contributed by atoms with van der Waals surface area (Å²) in [5, 5.41) is 6.83. The molecule has 2 atom stereocenters. The van der Waals surface area contributed by atoms with Crippen molar-refractivity contribution in [2.45, 2.75) is 30.8 Å². The van der Waals surface area contributed by atoms with E-state index < -0.39 is 0 Å². The Kier molecular flexibility index (Phi) is 6.06. The monoisotopic (exact) mass is 477 g/mol. The smallest absolute Gasteiger partial charge is 0.320 e. The lowest BCUT2D eigenvalue weighted by Crippen LogP contribution is -2.43. The van der Waals surface area contributed by atoms with Crippen LogP contribution < -0.4 is 5.32 Å². The fraction of sp³-hybridized carbons (Fsp3) is 0.417. The van der Waals surface area contributed by atoms with Crippen LogP contribution in [0.4, 0.5) is 4.79 Å². The van der Waals surface area contributed by atoms with Crippen LogP contribution in [0.2, 0.25) is 0 Å². The number of likely N-dealkylation sites (N-methyl/N-ethyl adjacent to an activating group) is 2. The zero-order valence-electron chi connectivity index (χ0n) is 19.6. The number of aromatic nitrogens is 3. The molecular formula is C24H27N7O4. The lowest BCUT2D eigenvalue weighted by molar-refractivity contribution is -0.131. The van der Waals surface area contributed by atoms with E-state index in [-0.39, 0.29) is 42.4 Å². The van der Waals surface area contributed by atoms with Crippen molar-refractivity contribution in [3.8, 4) is 0 Å². The summed E-state index contributed by atoms with van der Waals surface area (Å²) in [4.78, 5) is 50.6. The fourth-order valence-corrected chi connectivity index (χ4v) is 4.77. The van der Waals surface area contributed by atoms with E-state index in [1.165, 1.54) is 12.4 Å². The second-order valence-corrected chi connectivity index (χ2v) is 9.00. The Morgan fingerprint density at radius 3 is 2.57 bits per heavy atom. The first-order valence-electron chi connectivity index (χ1n) is 11.6. The van der Waals surface area contributed by atoms with Gasteiger partial charge < -0.3 is 24.5 Å².